The Kier molecular flexibility index (Phi) is 6.64. The third kappa shape index (κ3) is 4.98. The summed E-state index contributed by atoms with van der Waals surface area (Å²) in [5, 5.41) is 4.82. The predicted octanol–water partition coefficient (Wildman–Crippen LogP) is 5.72. The minimum atomic E-state index is -3.86. The number of nitrogens with zero attached hydrogens (tertiary/aromatic N) is 1. The molecule has 178 valence electrons. The monoisotopic (exact) mass is 524 g/mol. The van der Waals surface area contributed by atoms with E-state index in [1.54, 1.807) is 24.3 Å². The number of sulfonamides is 1. The van der Waals surface area contributed by atoms with Crippen LogP contribution in [0.3, 0.4) is 0 Å². The molecule has 0 atom stereocenters. The molecule has 5 rings (SSSR count). The number of benzene rings is 3. The van der Waals surface area contributed by atoms with Crippen LogP contribution in [-0.4, -0.2) is 20.9 Å². The van der Waals surface area contributed by atoms with Gasteiger partial charge in [0.2, 0.25) is 0 Å². The number of rotatable bonds is 7. The number of halogens is 1. The van der Waals surface area contributed by atoms with Crippen molar-refractivity contribution >= 4 is 44.7 Å². The van der Waals surface area contributed by atoms with Crippen molar-refractivity contribution in [1.29, 1.82) is 0 Å². The van der Waals surface area contributed by atoms with Gasteiger partial charge in [-0.15, -0.1) is 11.3 Å². The molecule has 9 heteroatoms. The Labute approximate surface area is 211 Å². The highest BCUT2D eigenvalue weighted by atomic mass is 32.2. The van der Waals surface area contributed by atoms with Crippen LogP contribution < -0.4 is 9.62 Å². The summed E-state index contributed by atoms with van der Waals surface area (Å²) < 4.78 is 41.9. The second-order valence-electron chi connectivity index (χ2n) is 7.93. The van der Waals surface area contributed by atoms with Crippen LogP contribution in [0.4, 0.5) is 10.1 Å². The minimum Gasteiger partial charge on any atom is -0.347 e. The Hall–Kier alpha value is -3.14. The zero-order chi connectivity index (χ0) is 24.4. The first-order valence-electron chi connectivity index (χ1n) is 10.9. The van der Waals surface area contributed by atoms with Crippen molar-refractivity contribution in [2.75, 3.05) is 10.8 Å². The molecule has 1 N–H and O–H groups in total. The van der Waals surface area contributed by atoms with Gasteiger partial charge in [-0.05, 0) is 72.0 Å². The fraction of sp³-hybridized carbons (Fsp3) is 0.115. The molecule has 0 radical (unpaired) electrons. The molecule has 2 heterocycles. The minimum absolute atomic E-state index is 0.0546. The molecule has 0 bridgehead atoms. The number of para-hydroxylation sites is 1. The average molecular weight is 525 g/mol. The molecule has 0 aliphatic carbocycles. The van der Waals surface area contributed by atoms with Crippen LogP contribution in [0.15, 0.2) is 98.9 Å². The summed E-state index contributed by atoms with van der Waals surface area (Å²) in [5.74, 6) is -0.725. The van der Waals surface area contributed by atoms with Gasteiger partial charge in [-0.3, -0.25) is 9.10 Å². The summed E-state index contributed by atoms with van der Waals surface area (Å²) in [4.78, 5) is 15.6. The van der Waals surface area contributed by atoms with Gasteiger partial charge in [0, 0.05) is 21.2 Å². The number of carbonyl (C=O) groups excluding carboxylic acids is 1. The lowest BCUT2D eigenvalue weighted by Crippen LogP contribution is -2.30. The van der Waals surface area contributed by atoms with Crippen LogP contribution in [0.25, 0.3) is 0 Å². The third-order valence-corrected chi connectivity index (χ3v) is 9.44. The SMILES string of the molecule is O=C(NCc1cccs1)c1cc(S(=O)(=O)N2CCc3ccccc32)ccc1Sc1ccc(F)cc1. The van der Waals surface area contributed by atoms with Crippen LogP contribution in [0.1, 0.15) is 20.8 Å². The van der Waals surface area contributed by atoms with E-state index in [0.717, 1.165) is 15.3 Å². The number of hydrogen-bond donors (Lipinski definition) is 1. The van der Waals surface area contributed by atoms with Gasteiger partial charge < -0.3 is 5.32 Å². The second kappa shape index (κ2) is 9.85. The number of fused-ring (bicyclic) bond motifs is 1. The molecule has 3 aromatic carbocycles. The molecule has 0 saturated heterocycles. The Morgan fingerprint density at radius 3 is 2.60 bits per heavy atom. The van der Waals surface area contributed by atoms with Crippen molar-refractivity contribution in [3.63, 3.8) is 0 Å². The lowest BCUT2D eigenvalue weighted by molar-refractivity contribution is 0.0948. The van der Waals surface area contributed by atoms with Crippen LogP contribution in [0.2, 0.25) is 0 Å². The number of anilines is 1. The zero-order valence-corrected chi connectivity index (χ0v) is 20.9. The molecule has 0 saturated carbocycles. The molecule has 1 aliphatic heterocycles. The number of hydrogen-bond acceptors (Lipinski definition) is 5. The number of carbonyl (C=O) groups is 1. The zero-order valence-electron chi connectivity index (χ0n) is 18.5. The first-order chi connectivity index (χ1) is 16.9. The molecule has 0 unspecified atom stereocenters. The molecule has 5 nitrogen and oxygen atoms in total. The maximum atomic E-state index is 13.6. The van der Waals surface area contributed by atoms with Crippen molar-refractivity contribution in [2.45, 2.75) is 27.7 Å². The molecule has 0 fully saturated rings. The van der Waals surface area contributed by atoms with Gasteiger partial charge in [0.15, 0.2) is 0 Å². The quantitative estimate of drug-likeness (QED) is 0.336. The summed E-state index contributed by atoms with van der Waals surface area (Å²) in [6, 6.07) is 21.8. The van der Waals surface area contributed by atoms with E-state index in [0.29, 0.717) is 30.1 Å². The fourth-order valence-corrected chi connectivity index (χ4v) is 7.02. The van der Waals surface area contributed by atoms with E-state index in [-0.39, 0.29) is 22.2 Å². The first-order valence-corrected chi connectivity index (χ1v) is 14.0. The fourth-order valence-electron chi connectivity index (χ4n) is 3.93. The summed E-state index contributed by atoms with van der Waals surface area (Å²) >= 11 is 2.81. The smallest absolute Gasteiger partial charge is 0.264 e. The van der Waals surface area contributed by atoms with Gasteiger partial charge in [-0.25, -0.2) is 12.8 Å². The maximum absolute atomic E-state index is 13.6. The van der Waals surface area contributed by atoms with Crippen molar-refractivity contribution in [2.24, 2.45) is 0 Å². The lowest BCUT2D eigenvalue weighted by atomic mass is 10.2. The Morgan fingerprint density at radius 1 is 1.03 bits per heavy atom. The van der Waals surface area contributed by atoms with Gasteiger partial charge in [0.1, 0.15) is 5.82 Å². The third-order valence-electron chi connectivity index (χ3n) is 5.67. The predicted molar refractivity (Wildman–Crippen MR) is 137 cm³/mol. The van der Waals surface area contributed by atoms with Crippen LogP contribution in [0.5, 0.6) is 0 Å². The molecule has 1 aliphatic rings. The highest BCUT2D eigenvalue weighted by Gasteiger charge is 2.31. The van der Waals surface area contributed by atoms with E-state index in [4.69, 9.17) is 0 Å². The van der Waals surface area contributed by atoms with E-state index < -0.39 is 10.0 Å². The number of amides is 1. The summed E-state index contributed by atoms with van der Waals surface area (Å²) in [6.45, 7) is 0.696. The molecular weight excluding hydrogens is 503 g/mol. The van der Waals surface area contributed by atoms with E-state index in [1.165, 1.54) is 51.7 Å². The Morgan fingerprint density at radius 2 is 1.83 bits per heavy atom. The topological polar surface area (TPSA) is 66.5 Å². The highest BCUT2D eigenvalue weighted by Crippen LogP contribution is 2.36. The van der Waals surface area contributed by atoms with Gasteiger partial charge in [-0.1, -0.05) is 36.0 Å². The van der Waals surface area contributed by atoms with Gasteiger partial charge in [0.05, 0.1) is 22.7 Å². The standard InChI is InChI=1S/C26H21FN2O3S3/c27-19-7-9-20(10-8-19)34-25-12-11-22(16-23(25)26(30)28-17-21-5-3-15-33-21)35(31,32)29-14-13-18-4-1-2-6-24(18)29/h1-12,15-16H,13-14,17H2,(H,28,30). The van der Waals surface area contributed by atoms with Crippen LogP contribution in [0, 0.1) is 5.82 Å². The second-order valence-corrected chi connectivity index (χ2v) is 11.9. The average Bonchev–Trinajstić information content (AvgIpc) is 3.54. The molecule has 0 spiro atoms. The van der Waals surface area contributed by atoms with Crippen molar-refractivity contribution in [3.8, 4) is 0 Å². The molecule has 4 aromatic rings. The highest BCUT2D eigenvalue weighted by molar-refractivity contribution is 7.99. The molecular formula is C26H21FN2O3S3. The maximum Gasteiger partial charge on any atom is 0.264 e. The number of thiophene rings is 1. The Bertz CT molecular complexity index is 1470. The van der Waals surface area contributed by atoms with Crippen molar-refractivity contribution in [3.05, 3.63) is 106 Å². The van der Waals surface area contributed by atoms with Crippen LogP contribution >= 0.6 is 23.1 Å². The summed E-state index contributed by atoms with van der Waals surface area (Å²) in [7, 11) is -3.86. The summed E-state index contributed by atoms with van der Waals surface area (Å²) in [6.07, 6.45) is 0.641. The summed E-state index contributed by atoms with van der Waals surface area (Å²) in [5.41, 5.74) is 1.90. The normalized spacial score (nSPS) is 13.0. The molecule has 1 amide bonds. The van der Waals surface area contributed by atoms with E-state index in [1.807, 2.05) is 35.7 Å². The van der Waals surface area contributed by atoms with Crippen molar-refractivity contribution in [1.82, 2.24) is 5.32 Å². The molecule has 35 heavy (non-hydrogen) atoms. The van der Waals surface area contributed by atoms with E-state index in [2.05, 4.69) is 5.32 Å². The van der Waals surface area contributed by atoms with Gasteiger partial charge in [0.25, 0.3) is 15.9 Å². The van der Waals surface area contributed by atoms with E-state index >= 15 is 0 Å². The van der Waals surface area contributed by atoms with E-state index in [9.17, 15) is 17.6 Å². The van der Waals surface area contributed by atoms with Crippen LogP contribution in [-0.2, 0) is 23.0 Å². The molecule has 1 aromatic heterocycles. The first kappa shape index (κ1) is 23.6. The lowest BCUT2D eigenvalue weighted by Gasteiger charge is -2.20. The number of nitrogens with one attached hydrogen (secondary N) is 1. The Balaban J connectivity index is 1.50. The largest absolute Gasteiger partial charge is 0.347 e. The van der Waals surface area contributed by atoms with Gasteiger partial charge >= 0.3 is 0 Å². The van der Waals surface area contributed by atoms with Crippen molar-refractivity contribution < 1.29 is 17.6 Å². The van der Waals surface area contributed by atoms with Gasteiger partial charge in [-0.2, -0.15) is 0 Å².